The smallest absolute Gasteiger partial charge is 0.255 e. The van der Waals surface area contributed by atoms with Crippen LogP contribution < -0.4 is 15.1 Å². The standard InChI is InChI=1S/C26H28N6O2/c1-3-21-26(34)31(2)22-16-28-23(30-24(22)32(21)18-11-7-8-12-18)19-13-14-27-15-20(19)29-25(33)17-9-5-4-6-10-17/h4-6,9-10,13-16,18,21H,3,7-8,11-12H2,1-2H3,(H,29,33). The van der Waals surface area contributed by atoms with Crippen molar-refractivity contribution in [3.05, 3.63) is 60.6 Å². The molecule has 34 heavy (non-hydrogen) atoms. The zero-order chi connectivity index (χ0) is 23.7. The van der Waals surface area contributed by atoms with Gasteiger partial charge < -0.3 is 15.1 Å². The zero-order valence-corrected chi connectivity index (χ0v) is 19.4. The number of rotatable bonds is 5. The Hall–Kier alpha value is -3.81. The van der Waals surface area contributed by atoms with E-state index in [1.807, 2.05) is 25.1 Å². The Morgan fingerprint density at radius 2 is 1.88 bits per heavy atom. The van der Waals surface area contributed by atoms with Crippen molar-refractivity contribution in [3.8, 4) is 11.4 Å². The molecule has 1 saturated carbocycles. The lowest BCUT2D eigenvalue weighted by Gasteiger charge is -2.43. The summed E-state index contributed by atoms with van der Waals surface area (Å²) in [6.07, 6.45) is 10.1. The van der Waals surface area contributed by atoms with Gasteiger partial charge in [0.05, 0.1) is 18.1 Å². The molecule has 0 bridgehead atoms. The summed E-state index contributed by atoms with van der Waals surface area (Å²) in [6.45, 7) is 2.05. The highest BCUT2D eigenvalue weighted by molar-refractivity contribution is 6.06. The molecule has 3 aromatic rings. The van der Waals surface area contributed by atoms with Gasteiger partial charge >= 0.3 is 0 Å². The second-order valence-electron chi connectivity index (χ2n) is 8.81. The van der Waals surface area contributed by atoms with E-state index in [1.165, 1.54) is 0 Å². The Morgan fingerprint density at radius 1 is 1.12 bits per heavy atom. The number of amides is 2. The number of anilines is 3. The van der Waals surface area contributed by atoms with Crippen molar-refractivity contribution in [2.24, 2.45) is 0 Å². The second-order valence-corrected chi connectivity index (χ2v) is 8.81. The van der Waals surface area contributed by atoms with Gasteiger partial charge in [-0.3, -0.25) is 14.6 Å². The quantitative estimate of drug-likeness (QED) is 0.616. The zero-order valence-electron chi connectivity index (χ0n) is 19.4. The van der Waals surface area contributed by atoms with Crippen LogP contribution in [0.2, 0.25) is 0 Å². The van der Waals surface area contributed by atoms with E-state index in [-0.39, 0.29) is 17.9 Å². The van der Waals surface area contributed by atoms with Crippen LogP contribution in [-0.4, -0.2) is 45.9 Å². The summed E-state index contributed by atoms with van der Waals surface area (Å²) in [5.74, 6) is 1.13. The van der Waals surface area contributed by atoms with Crippen molar-refractivity contribution in [2.45, 2.75) is 51.1 Å². The van der Waals surface area contributed by atoms with Gasteiger partial charge in [0.2, 0.25) is 5.91 Å². The number of carbonyl (C=O) groups is 2. The fraction of sp³-hybridized carbons (Fsp3) is 0.346. The molecule has 2 amide bonds. The van der Waals surface area contributed by atoms with Crippen LogP contribution in [0.1, 0.15) is 49.4 Å². The van der Waals surface area contributed by atoms with Crippen molar-refractivity contribution in [2.75, 3.05) is 22.2 Å². The number of aromatic nitrogens is 3. The van der Waals surface area contributed by atoms with Crippen molar-refractivity contribution in [1.82, 2.24) is 15.0 Å². The molecule has 1 atom stereocenters. The van der Waals surface area contributed by atoms with Crippen molar-refractivity contribution in [1.29, 1.82) is 0 Å². The molecule has 1 fully saturated rings. The molecule has 8 heteroatoms. The lowest BCUT2D eigenvalue weighted by Crippen LogP contribution is -2.55. The van der Waals surface area contributed by atoms with Gasteiger partial charge in [0.25, 0.3) is 5.91 Å². The number of hydrogen-bond donors (Lipinski definition) is 1. The van der Waals surface area contributed by atoms with Gasteiger partial charge in [-0.25, -0.2) is 9.97 Å². The molecule has 174 valence electrons. The third kappa shape index (κ3) is 3.89. The average molecular weight is 457 g/mol. The van der Waals surface area contributed by atoms with E-state index in [4.69, 9.17) is 4.98 Å². The van der Waals surface area contributed by atoms with E-state index in [0.29, 0.717) is 40.8 Å². The number of benzene rings is 1. The monoisotopic (exact) mass is 456 g/mol. The lowest BCUT2D eigenvalue weighted by molar-refractivity contribution is -0.120. The number of nitrogens with zero attached hydrogens (tertiary/aromatic N) is 5. The molecule has 1 aliphatic heterocycles. The van der Waals surface area contributed by atoms with Crippen LogP contribution >= 0.6 is 0 Å². The summed E-state index contributed by atoms with van der Waals surface area (Å²) in [5, 5.41) is 2.95. The van der Waals surface area contributed by atoms with E-state index < -0.39 is 0 Å². The Balaban J connectivity index is 1.55. The topological polar surface area (TPSA) is 91.3 Å². The number of likely N-dealkylation sites (N-methyl/N-ethyl adjacent to an activating group) is 1. The summed E-state index contributed by atoms with van der Waals surface area (Å²) in [6, 6.07) is 10.9. The lowest BCUT2D eigenvalue weighted by atomic mass is 10.0. The third-order valence-electron chi connectivity index (χ3n) is 6.76. The Morgan fingerprint density at radius 3 is 2.62 bits per heavy atom. The van der Waals surface area contributed by atoms with Gasteiger partial charge in [0, 0.05) is 30.4 Å². The van der Waals surface area contributed by atoms with Crippen LogP contribution in [0, 0.1) is 0 Å². The number of fused-ring (bicyclic) bond motifs is 1. The van der Waals surface area contributed by atoms with Gasteiger partial charge in [0.15, 0.2) is 11.6 Å². The van der Waals surface area contributed by atoms with E-state index in [0.717, 1.165) is 31.5 Å². The largest absolute Gasteiger partial charge is 0.340 e. The Labute approximate surface area is 199 Å². The minimum Gasteiger partial charge on any atom is -0.340 e. The fourth-order valence-electron chi connectivity index (χ4n) is 4.99. The van der Waals surface area contributed by atoms with Crippen LogP contribution in [0.25, 0.3) is 11.4 Å². The molecule has 0 radical (unpaired) electrons. The maximum absolute atomic E-state index is 13.1. The number of carbonyl (C=O) groups excluding carboxylic acids is 2. The van der Waals surface area contributed by atoms with Gasteiger partial charge in [-0.2, -0.15) is 0 Å². The van der Waals surface area contributed by atoms with E-state index in [9.17, 15) is 9.59 Å². The molecule has 1 unspecified atom stereocenters. The first-order valence-electron chi connectivity index (χ1n) is 11.8. The highest BCUT2D eigenvalue weighted by Crippen LogP contribution is 2.40. The van der Waals surface area contributed by atoms with Crippen LogP contribution in [0.15, 0.2) is 55.0 Å². The van der Waals surface area contributed by atoms with E-state index >= 15 is 0 Å². The number of pyridine rings is 1. The SMILES string of the molecule is CCC1C(=O)N(C)c2cnc(-c3ccncc3NC(=O)c3ccccc3)nc2N1C1CCCC1. The average Bonchev–Trinajstić information content (AvgIpc) is 3.41. The highest BCUT2D eigenvalue weighted by Gasteiger charge is 2.41. The molecule has 3 heterocycles. The third-order valence-corrected chi connectivity index (χ3v) is 6.76. The van der Waals surface area contributed by atoms with Crippen LogP contribution in [0.4, 0.5) is 17.2 Å². The first kappa shape index (κ1) is 22.0. The van der Waals surface area contributed by atoms with Gasteiger partial charge in [-0.1, -0.05) is 38.0 Å². The van der Waals surface area contributed by atoms with E-state index in [1.54, 1.807) is 48.7 Å². The first-order chi connectivity index (χ1) is 16.6. The molecule has 0 spiro atoms. The summed E-state index contributed by atoms with van der Waals surface area (Å²) >= 11 is 0. The molecule has 2 aromatic heterocycles. The van der Waals surface area contributed by atoms with Crippen molar-refractivity contribution in [3.63, 3.8) is 0 Å². The van der Waals surface area contributed by atoms with Crippen LogP contribution in [0.5, 0.6) is 0 Å². The first-order valence-corrected chi connectivity index (χ1v) is 11.8. The summed E-state index contributed by atoms with van der Waals surface area (Å²) in [4.78, 5) is 43.6. The summed E-state index contributed by atoms with van der Waals surface area (Å²) in [7, 11) is 1.79. The molecule has 8 nitrogen and oxygen atoms in total. The molecule has 5 rings (SSSR count). The van der Waals surface area contributed by atoms with Gasteiger partial charge in [-0.15, -0.1) is 0 Å². The van der Waals surface area contributed by atoms with Crippen molar-refractivity contribution >= 4 is 29.0 Å². The maximum atomic E-state index is 13.1. The fourth-order valence-corrected chi connectivity index (χ4v) is 4.99. The predicted octanol–water partition coefficient (Wildman–Crippen LogP) is 4.29. The molecule has 1 aromatic carbocycles. The molecule has 0 saturated heterocycles. The van der Waals surface area contributed by atoms with Crippen LogP contribution in [-0.2, 0) is 4.79 Å². The number of hydrogen-bond acceptors (Lipinski definition) is 6. The maximum Gasteiger partial charge on any atom is 0.255 e. The highest BCUT2D eigenvalue weighted by atomic mass is 16.2. The van der Waals surface area contributed by atoms with Gasteiger partial charge in [-0.05, 0) is 37.5 Å². The van der Waals surface area contributed by atoms with Gasteiger partial charge in [0.1, 0.15) is 11.7 Å². The molecular formula is C26H28N6O2. The number of nitrogens with one attached hydrogen (secondary N) is 1. The predicted molar refractivity (Wildman–Crippen MR) is 132 cm³/mol. The minimum atomic E-state index is -0.238. The molecular weight excluding hydrogens is 428 g/mol. The Kier molecular flexibility index (Phi) is 5.96. The molecule has 1 aliphatic carbocycles. The summed E-state index contributed by atoms with van der Waals surface area (Å²) in [5.41, 5.74) is 2.49. The normalized spacial score (nSPS) is 18.2. The molecule has 1 N–H and O–H groups in total. The van der Waals surface area contributed by atoms with Crippen molar-refractivity contribution < 1.29 is 9.59 Å². The minimum absolute atomic E-state index is 0.0815. The second kappa shape index (κ2) is 9.21. The van der Waals surface area contributed by atoms with Crippen LogP contribution in [0.3, 0.4) is 0 Å². The molecule has 2 aliphatic rings. The Bertz CT molecular complexity index is 1210. The summed E-state index contributed by atoms with van der Waals surface area (Å²) < 4.78 is 0. The van der Waals surface area contributed by atoms with E-state index in [2.05, 4.69) is 20.2 Å².